The van der Waals surface area contributed by atoms with Crippen LogP contribution < -0.4 is 10.0 Å². The van der Waals surface area contributed by atoms with E-state index in [0.717, 1.165) is 49.0 Å². The zero-order chi connectivity index (χ0) is 16.9. The maximum Gasteiger partial charge on any atom is 0.244 e. The molecule has 4 rings (SSSR count). The van der Waals surface area contributed by atoms with E-state index in [1.165, 1.54) is 11.3 Å². The van der Waals surface area contributed by atoms with Gasteiger partial charge in [-0.2, -0.15) is 0 Å². The van der Waals surface area contributed by atoms with Crippen molar-refractivity contribution in [2.45, 2.75) is 68.5 Å². The average molecular weight is 372 g/mol. The number of carbonyl (C=O) groups is 1. The molecule has 2 saturated carbocycles. The van der Waals surface area contributed by atoms with Crippen LogP contribution in [-0.4, -0.2) is 26.5 Å². The van der Waals surface area contributed by atoms with Gasteiger partial charge in [0, 0.05) is 16.8 Å². The molecule has 0 spiro atoms. The Morgan fingerprint density at radius 3 is 2.54 bits per heavy atom. The summed E-state index contributed by atoms with van der Waals surface area (Å²) in [6, 6.07) is -0.337. The summed E-state index contributed by atoms with van der Waals surface area (Å²) in [5, 5.41) is 3.29. The maximum absolute atomic E-state index is 13.0. The molecule has 0 saturated heterocycles. The van der Waals surface area contributed by atoms with Crippen LogP contribution in [0.25, 0.3) is 0 Å². The predicted molar refractivity (Wildman–Crippen MR) is 90.6 cm³/mol. The zero-order valence-electron chi connectivity index (χ0n) is 13.3. The Balaban J connectivity index is 1.66. The second-order valence-electron chi connectivity index (χ2n) is 7.02. The molecule has 8 heteroatoms. The molecule has 0 bridgehead atoms. The van der Waals surface area contributed by atoms with E-state index >= 15 is 0 Å². The standard InChI is InChI=1S/C16H21FN2O3S2/c17-10-7-11(8-10)19-24(21,22)14-12-3-1-2-4-13(12)23-16(14)18-15(20)9-5-6-9/h9-11,19H,1-8H2,(H,18,20). The third kappa shape index (κ3) is 3.11. The number of thiophene rings is 1. The van der Waals surface area contributed by atoms with Crippen molar-refractivity contribution < 1.29 is 17.6 Å². The number of alkyl halides is 1. The van der Waals surface area contributed by atoms with E-state index in [4.69, 9.17) is 0 Å². The summed E-state index contributed by atoms with van der Waals surface area (Å²) in [6.45, 7) is 0. The molecule has 3 aliphatic carbocycles. The Labute approximate surface area is 145 Å². The SMILES string of the molecule is O=C(Nc1sc2c(c1S(=O)(=O)NC1CC(F)C1)CCCC2)C1CC1. The van der Waals surface area contributed by atoms with E-state index in [-0.39, 0.29) is 35.6 Å². The monoisotopic (exact) mass is 372 g/mol. The van der Waals surface area contributed by atoms with Gasteiger partial charge in [-0.05, 0) is 56.9 Å². The molecule has 0 aromatic carbocycles. The Morgan fingerprint density at radius 2 is 1.88 bits per heavy atom. The van der Waals surface area contributed by atoms with Gasteiger partial charge in [0.1, 0.15) is 16.1 Å². The first-order valence-electron chi connectivity index (χ1n) is 8.56. The molecule has 0 unspecified atom stereocenters. The van der Waals surface area contributed by atoms with Crippen LogP contribution in [0.3, 0.4) is 0 Å². The summed E-state index contributed by atoms with van der Waals surface area (Å²) in [5.41, 5.74) is 0.848. The Bertz CT molecular complexity index is 765. The number of hydrogen-bond acceptors (Lipinski definition) is 4. The van der Waals surface area contributed by atoms with Crippen molar-refractivity contribution in [3.63, 3.8) is 0 Å². The second-order valence-corrected chi connectivity index (χ2v) is 9.78. The number of sulfonamides is 1. The second kappa shape index (κ2) is 6.07. The highest BCUT2D eigenvalue weighted by Gasteiger charge is 2.37. The number of nitrogens with one attached hydrogen (secondary N) is 2. The van der Waals surface area contributed by atoms with Crippen LogP contribution in [0.4, 0.5) is 9.39 Å². The number of fused-ring (bicyclic) bond motifs is 1. The fraction of sp³-hybridized carbons (Fsp3) is 0.688. The average Bonchev–Trinajstić information content (AvgIpc) is 3.26. The van der Waals surface area contributed by atoms with E-state index < -0.39 is 16.2 Å². The number of aryl methyl sites for hydroxylation is 1. The third-order valence-electron chi connectivity index (χ3n) is 4.98. The highest BCUT2D eigenvalue weighted by atomic mass is 32.2. The number of anilines is 1. The minimum absolute atomic E-state index is 0.0200. The molecule has 5 nitrogen and oxygen atoms in total. The number of hydrogen-bond donors (Lipinski definition) is 2. The summed E-state index contributed by atoms with van der Waals surface area (Å²) in [5.74, 6) is -0.0657. The van der Waals surface area contributed by atoms with Crippen molar-refractivity contribution >= 4 is 32.3 Å². The maximum atomic E-state index is 13.0. The summed E-state index contributed by atoms with van der Waals surface area (Å²) in [6.07, 6.45) is 4.87. The largest absolute Gasteiger partial charge is 0.316 e. The van der Waals surface area contributed by atoms with Gasteiger partial charge in [-0.1, -0.05) is 0 Å². The van der Waals surface area contributed by atoms with Crippen LogP contribution in [0.2, 0.25) is 0 Å². The third-order valence-corrected chi connectivity index (χ3v) is 7.95. The normalized spacial score (nSPS) is 26.5. The van der Waals surface area contributed by atoms with Gasteiger partial charge in [-0.15, -0.1) is 11.3 Å². The number of carbonyl (C=O) groups excluding carboxylic acids is 1. The summed E-state index contributed by atoms with van der Waals surface area (Å²) >= 11 is 1.39. The predicted octanol–water partition coefficient (Wildman–Crippen LogP) is 2.75. The van der Waals surface area contributed by atoms with Crippen molar-refractivity contribution in [1.29, 1.82) is 0 Å². The van der Waals surface area contributed by atoms with Gasteiger partial charge in [0.25, 0.3) is 0 Å². The highest BCUT2D eigenvalue weighted by Crippen LogP contribution is 2.42. The first-order chi connectivity index (χ1) is 11.4. The van der Waals surface area contributed by atoms with Gasteiger partial charge >= 0.3 is 0 Å². The smallest absolute Gasteiger partial charge is 0.244 e. The van der Waals surface area contributed by atoms with E-state index in [1.54, 1.807) is 0 Å². The van der Waals surface area contributed by atoms with Crippen LogP contribution >= 0.6 is 11.3 Å². The van der Waals surface area contributed by atoms with Gasteiger partial charge in [0.2, 0.25) is 15.9 Å². The lowest BCUT2D eigenvalue weighted by molar-refractivity contribution is -0.117. The van der Waals surface area contributed by atoms with E-state index in [9.17, 15) is 17.6 Å². The molecule has 1 amide bonds. The van der Waals surface area contributed by atoms with Crippen molar-refractivity contribution in [2.24, 2.45) is 5.92 Å². The molecule has 3 aliphatic rings. The van der Waals surface area contributed by atoms with Crippen LogP contribution in [0.1, 0.15) is 49.0 Å². The lowest BCUT2D eigenvalue weighted by Gasteiger charge is -2.30. The molecular weight excluding hydrogens is 351 g/mol. The number of halogens is 1. The molecule has 24 heavy (non-hydrogen) atoms. The van der Waals surface area contributed by atoms with Crippen molar-refractivity contribution in [2.75, 3.05) is 5.32 Å². The topological polar surface area (TPSA) is 75.3 Å². The first-order valence-corrected chi connectivity index (χ1v) is 10.9. The van der Waals surface area contributed by atoms with Gasteiger partial charge in [-0.25, -0.2) is 17.5 Å². The number of rotatable bonds is 5. The molecule has 0 atom stereocenters. The summed E-state index contributed by atoms with van der Waals surface area (Å²) in [4.78, 5) is 13.4. The molecule has 0 aliphatic heterocycles. The van der Waals surface area contributed by atoms with Gasteiger partial charge < -0.3 is 5.32 Å². The van der Waals surface area contributed by atoms with Gasteiger partial charge in [-0.3, -0.25) is 4.79 Å². The van der Waals surface area contributed by atoms with Gasteiger partial charge in [0.15, 0.2) is 0 Å². The fourth-order valence-electron chi connectivity index (χ4n) is 3.39. The van der Waals surface area contributed by atoms with Crippen molar-refractivity contribution in [3.8, 4) is 0 Å². The Hall–Kier alpha value is -0.990. The van der Waals surface area contributed by atoms with Crippen LogP contribution in [-0.2, 0) is 27.7 Å². The minimum atomic E-state index is -3.74. The Morgan fingerprint density at radius 1 is 1.17 bits per heavy atom. The van der Waals surface area contributed by atoms with E-state index in [2.05, 4.69) is 10.0 Å². The minimum Gasteiger partial charge on any atom is -0.316 e. The summed E-state index contributed by atoms with van der Waals surface area (Å²) < 4.78 is 41.4. The van der Waals surface area contributed by atoms with Crippen LogP contribution in [0.5, 0.6) is 0 Å². The van der Waals surface area contributed by atoms with Crippen molar-refractivity contribution in [1.82, 2.24) is 4.72 Å². The quantitative estimate of drug-likeness (QED) is 0.834. The summed E-state index contributed by atoms with van der Waals surface area (Å²) in [7, 11) is -3.74. The molecular formula is C16H21FN2O3S2. The van der Waals surface area contributed by atoms with Crippen LogP contribution in [0.15, 0.2) is 4.90 Å². The lowest BCUT2D eigenvalue weighted by Crippen LogP contribution is -2.45. The van der Waals surface area contributed by atoms with Crippen LogP contribution in [0, 0.1) is 5.92 Å². The zero-order valence-corrected chi connectivity index (χ0v) is 14.9. The Kier molecular flexibility index (Phi) is 4.17. The highest BCUT2D eigenvalue weighted by molar-refractivity contribution is 7.90. The molecule has 1 aromatic heterocycles. The van der Waals surface area contributed by atoms with E-state index in [1.807, 2.05) is 0 Å². The lowest BCUT2D eigenvalue weighted by atomic mass is 9.92. The van der Waals surface area contributed by atoms with E-state index in [0.29, 0.717) is 5.00 Å². The van der Waals surface area contributed by atoms with Gasteiger partial charge in [0.05, 0.1) is 0 Å². The fourth-order valence-corrected chi connectivity index (χ4v) is 6.69. The number of amides is 1. The molecule has 2 N–H and O–H groups in total. The molecule has 0 radical (unpaired) electrons. The molecule has 132 valence electrons. The first kappa shape index (κ1) is 16.5. The molecule has 1 heterocycles. The van der Waals surface area contributed by atoms with Crippen molar-refractivity contribution in [3.05, 3.63) is 10.4 Å². The molecule has 2 fully saturated rings. The molecule has 1 aromatic rings.